The number of hydrogen-bond donors (Lipinski definition) is 0. The largest absolute Gasteiger partial charge is 0.459 e. The zero-order chi connectivity index (χ0) is 21.4. The molecule has 1 atom stereocenters. The van der Waals surface area contributed by atoms with E-state index in [9.17, 15) is 14.4 Å². The summed E-state index contributed by atoms with van der Waals surface area (Å²) in [7, 11) is 0. The van der Waals surface area contributed by atoms with Gasteiger partial charge in [-0.3, -0.25) is 14.4 Å². The molecule has 1 aliphatic carbocycles. The maximum atomic E-state index is 13.5. The Balaban J connectivity index is 1.32. The summed E-state index contributed by atoms with van der Waals surface area (Å²) in [6, 6.07) is 10.7. The monoisotopic (exact) mass is 421 g/mol. The molecule has 2 aliphatic heterocycles. The lowest BCUT2D eigenvalue weighted by molar-refractivity contribution is -0.146. The van der Waals surface area contributed by atoms with Crippen LogP contribution in [0.2, 0.25) is 0 Å². The van der Waals surface area contributed by atoms with Crippen molar-refractivity contribution in [2.24, 2.45) is 5.92 Å². The van der Waals surface area contributed by atoms with Gasteiger partial charge in [0.1, 0.15) is 6.04 Å². The molecular weight excluding hydrogens is 394 g/mol. The zero-order valence-electron chi connectivity index (χ0n) is 17.5. The third kappa shape index (κ3) is 3.73. The van der Waals surface area contributed by atoms with E-state index in [0.29, 0.717) is 39.1 Å². The molecule has 1 saturated heterocycles. The molecule has 7 nitrogen and oxygen atoms in total. The van der Waals surface area contributed by atoms with Crippen LogP contribution in [0.15, 0.2) is 47.1 Å². The highest BCUT2D eigenvalue weighted by Crippen LogP contribution is 2.29. The van der Waals surface area contributed by atoms with Gasteiger partial charge in [-0.25, -0.2) is 0 Å². The van der Waals surface area contributed by atoms with E-state index in [1.807, 2.05) is 34.1 Å². The Morgan fingerprint density at radius 3 is 2.13 bits per heavy atom. The van der Waals surface area contributed by atoms with Gasteiger partial charge in [-0.15, -0.1) is 0 Å². The smallest absolute Gasteiger partial charge is 0.290 e. The number of amides is 3. The second kappa shape index (κ2) is 8.21. The molecule has 1 aromatic carbocycles. The fourth-order valence-electron chi connectivity index (χ4n) is 4.77. The molecule has 1 aromatic heterocycles. The van der Waals surface area contributed by atoms with Crippen molar-refractivity contribution < 1.29 is 18.8 Å². The summed E-state index contributed by atoms with van der Waals surface area (Å²) < 4.78 is 5.33. The van der Waals surface area contributed by atoms with Gasteiger partial charge in [0.2, 0.25) is 11.8 Å². The predicted molar refractivity (Wildman–Crippen MR) is 113 cm³/mol. The standard InChI is InChI=1S/C24H27N3O4/c28-22(17-7-3-8-17)25-10-12-26(13-11-25)23(29)20-15-18-5-1-2-6-19(18)16-27(20)24(30)21-9-4-14-31-21/h1-2,4-6,9,14,17,20H,3,7-8,10-13,15-16H2. The molecule has 0 spiro atoms. The van der Waals surface area contributed by atoms with Crippen LogP contribution < -0.4 is 0 Å². The molecule has 0 N–H and O–H groups in total. The summed E-state index contributed by atoms with van der Waals surface area (Å²) in [5.74, 6) is 0.341. The van der Waals surface area contributed by atoms with Gasteiger partial charge in [0, 0.05) is 45.1 Å². The first-order valence-corrected chi connectivity index (χ1v) is 11.1. The number of benzene rings is 1. The van der Waals surface area contributed by atoms with E-state index in [2.05, 4.69) is 0 Å². The summed E-state index contributed by atoms with van der Waals surface area (Å²) in [4.78, 5) is 44.5. The molecule has 0 bridgehead atoms. The first-order valence-electron chi connectivity index (χ1n) is 11.1. The van der Waals surface area contributed by atoms with Gasteiger partial charge < -0.3 is 19.1 Å². The molecule has 0 radical (unpaired) electrons. The van der Waals surface area contributed by atoms with Gasteiger partial charge in [0.05, 0.1) is 6.26 Å². The van der Waals surface area contributed by atoms with Crippen molar-refractivity contribution in [1.82, 2.24) is 14.7 Å². The molecule has 2 fully saturated rings. The Hall–Kier alpha value is -3.09. The number of furan rings is 1. The molecule has 3 heterocycles. The highest BCUT2D eigenvalue weighted by molar-refractivity contribution is 5.96. The van der Waals surface area contributed by atoms with Crippen LogP contribution >= 0.6 is 0 Å². The number of fused-ring (bicyclic) bond motifs is 1. The third-order valence-electron chi connectivity index (χ3n) is 6.88. The number of piperazine rings is 1. The van der Waals surface area contributed by atoms with Gasteiger partial charge >= 0.3 is 0 Å². The average Bonchev–Trinajstić information content (AvgIpc) is 3.31. The van der Waals surface area contributed by atoms with Crippen LogP contribution in [0.25, 0.3) is 0 Å². The normalized spacial score (nSPS) is 21.4. The maximum Gasteiger partial charge on any atom is 0.290 e. The number of carbonyl (C=O) groups excluding carboxylic acids is 3. The number of nitrogens with zero attached hydrogens (tertiary/aromatic N) is 3. The Morgan fingerprint density at radius 1 is 0.839 bits per heavy atom. The SMILES string of the molecule is O=C(C1CCC1)N1CCN(C(=O)C2Cc3ccccc3CN2C(=O)c2ccco2)CC1. The van der Waals surface area contributed by atoms with Crippen molar-refractivity contribution in [2.75, 3.05) is 26.2 Å². The van der Waals surface area contributed by atoms with Crippen molar-refractivity contribution in [3.8, 4) is 0 Å². The molecular formula is C24H27N3O4. The summed E-state index contributed by atoms with van der Waals surface area (Å²) in [6.07, 6.45) is 5.08. The van der Waals surface area contributed by atoms with E-state index in [-0.39, 0.29) is 29.4 Å². The van der Waals surface area contributed by atoms with Crippen LogP contribution in [0, 0.1) is 5.92 Å². The van der Waals surface area contributed by atoms with E-state index in [1.165, 1.54) is 6.26 Å². The minimum Gasteiger partial charge on any atom is -0.459 e. The van der Waals surface area contributed by atoms with Gasteiger partial charge in [-0.1, -0.05) is 30.7 Å². The number of hydrogen-bond acceptors (Lipinski definition) is 4. The first kappa shape index (κ1) is 19.8. The van der Waals surface area contributed by atoms with Gasteiger partial charge in [-0.2, -0.15) is 0 Å². The van der Waals surface area contributed by atoms with Crippen LogP contribution in [0.3, 0.4) is 0 Å². The quantitative estimate of drug-likeness (QED) is 0.762. The summed E-state index contributed by atoms with van der Waals surface area (Å²) in [5.41, 5.74) is 2.16. The van der Waals surface area contributed by atoms with Crippen molar-refractivity contribution in [1.29, 1.82) is 0 Å². The van der Waals surface area contributed by atoms with Gasteiger partial charge in [-0.05, 0) is 36.1 Å². The topological polar surface area (TPSA) is 74.1 Å². The van der Waals surface area contributed by atoms with E-state index < -0.39 is 6.04 Å². The highest BCUT2D eigenvalue weighted by atomic mass is 16.3. The lowest BCUT2D eigenvalue weighted by Crippen LogP contribution is -2.58. The molecule has 3 aliphatic rings. The van der Waals surface area contributed by atoms with Crippen molar-refractivity contribution in [2.45, 2.75) is 38.3 Å². The van der Waals surface area contributed by atoms with Crippen molar-refractivity contribution >= 4 is 17.7 Å². The second-order valence-electron chi connectivity index (χ2n) is 8.68. The number of carbonyl (C=O) groups is 3. The Kier molecular flexibility index (Phi) is 5.26. The molecule has 162 valence electrons. The molecule has 1 saturated carbocycles. The van der Waals surface area contributed by atoms with Gasteiger partial charge in [0.25, 0.3) is 5.91 Å². The highest BCUT2D eigenvalue weighted by Gasteiger charge is 2.39. The third-order valence-corrected chi connectivity index (χ3v) is 6.88. The Labute approximate surface area is 181 Å². The number of rotatable bonds is 3. The lowest BCUT2D eigenvalue weighted by atomic mass is 9.84. The van der Waals surface area contributed by atoms with E-state index in [0.717, 1.165) is 30.4 Å². The molecule has 5 rings (SSSR count). The lowest BCUT2D eigenvalue weighted by Gasteiger charge is -2.42. The van der Waals surface area contributed by atoms with Crippen LogP contribution in [0.4, 0.5) is 0 Å². The van der Waals surface area contributed by atoms with Crippen molar-refractivity contribution in [3.63, 3.8) is 0 Å². The minimum absolute atomic E-state index is 0.0508. The van der Waals surface area contributed by atoms with Crippen LogP contribution in [0.1, 0.15) is 40.9 Å². The minimum atomic E-state index is -0.568. The second-order valence-corrected chi connectivity index (χ2v) is 8.68. The fourth-order valence-corrected chi connectivity index (χ4v) is 4.77. The maximum absolute atomic E-state index is 13.5. The fraction of sp³-hybridized carbons (Fsp3) is 0.458. The summed E-state index contributed by atoms with van der Waals surface area (Å²) in [5, 5.41) is 0. The van der Waals surface area contributed by atoms with E-state index >= 15 is 0 Å². The molecule has 2 aromatic rings. The van der Waals surface area contributed by atoms with Crippen LogP contribution in [-0.2, 0) is 22.6 Å². The zero-order valence-corrected chi connectivity index (χ0v) is 17.5. The molecule has 3 amide bonds. The van der Waals surface area contributed by atoms with Gasteiger partial charge in [0.15, 0.2) is 5.76 Å². The van der Waals surface area contributed by atoms with E-state index in [4.69, 9.17) is 4.42 Å². The first-order chi connectivity index (χ1) is 15.1. The van der Waals surface area contributed by atoms with Crippen molar-refractivity contribution in [3.05, 3.63) is 59.5 Å². The molecule has 1 unspecified atom stereocenters. The average molecular weight is 421 g/mol. The summed E-state index contributed by atoms with van der Waals surface area (Å²) >= 11 is 0. The van der Waals surface area contributed by atoms with Crippen LogP contribution in [0.5, 0.6) is 0 Å². The van der Waals surface area contributed by atoms with E-state index in [1.54, 1.807) is 17.0 Å². The Bertz CT molecular complexity index is 974. The molecule has 7 heteroatoms. The summed E-state index contributed by atoms with van der Waals surface area (Å²) in [6.45, 7) is 2.54. The molecule has 31 heavy (non-hydrogen) atoms. The Morgan fingerprint density at radius 2 is 1.52 bits per heavy atom. The van der Waals surface area contributed by atoms with Crippen LogP contribution in [-0.4, -0.2) is 64.6 Å². The predicted octanol–water partition coefficient (Wildman–Crippen LogP) is 2.32.